The maximum Gasteiger partial charge on any atom is 0.472 e. The number of rotatable bonds is 41. The van der Waals surface area contributed by atoms with Gasteiger partial charge in [-0.2, -0.15) is 0 Å². The van der Waals surface area contributed by atoms with Gasteiger partial charge in [-0.1, -0.05) is 167 Å². The van der Waals surface area contributed by atoms with Crippen molar-refractivity contribution in [2.45, 2.75) is 206 Å². The van der Waals surface area contributed by atoms with E-state index >= 15 is 0 Å². The SMILES string of the molecule is CCCCCCC/C=C\CCCCCCCCOCC(COP(=O)(O)OCC[N+](C)(C)C)OC(=O)CCCCCCCCCCCCCCCCC. The Morgan fingerprint density at radius 2 is 1.00 bits per heavy atom. The second kappa shape index (κ2) is 37.2. The summed E-state index contributed by atoms with van der Waals surface area (Å²) < 4.78 is 35.0. The predicted molar refractivity (Wildman–Crippen MR) is 220 cm³/mol. The Bertz CT molecular complexity index is 848. The summed E-state index contributed by atoms with van der Waals surface area (Å²) in [6.07, 6.45) is 39.5. The highest BCUT2D eigenvalue weighted by Crippen LogP contribution is 2.43. The third kappa shape index (κ3) is 40.4. The van der Waals surface area contributed by atoms with E-state index in [1.165, 1.54) is 148 Å². The Kier molecular flexibility index (Phi) is 36.6. The quantitative estimate of drug-likeness (QED) is 0.0218. The monoisotopic (exact) mass is 761 g/mol. The number of unbranched alkanes of at least 4 members (excludes halogenated alkanes) is 25. The molecule has 52 heavy (non-hydrogen) atoms. The normalized spacial score (nSPS) is 13.9. The Morgan fingerprint density at radius 1 is 0.577 bits per heavy atom. The van der Waals surface area contributed by atoms with E-state index in [1.807, 2.05) is 21.1 Å². The van der Waals surface area contributed by atoms with Crippen molar-refractivity contribution in [3.8, 4) is 0 Å². The van der Waals surface area contributed by atoms with Crippen LogP contribution < -0.4 is 0 Å². The van der Waals surface area contributed by atoms with E-state index in [4.69, 9.17) is 18.5 Å². The molecule has 0 rings (SSSR count). The first kappa shape index (κ1) is 51.2. The molecule has 0 heterocycles. The minimum Gasteiger partial charge on any atom is -0.457 e. The third-order valence-corrected chi connectivity index (χ3v) is 10.6. The number of allylic oxidation sites excluding steroid dienone is 2. The van der Waals surface area contributed by atoms with Gasteiger partial charge in [-0.25, -0.2) is 4.57 Å². The van der Waals surface area contributed by atoms with Crippen LogP contribution >= 0.6 is 7.82 Å². The molecule has 0 spiro atoms. The second-order valence-corrected chi connectivity index (χ2v) is 17.5. The van der Waals surface area contributed by atoms with Gasteiger partial charge in [0.1, 0.15) is 19.3 Å². The number of carbonyl (C=O) groups is 1. The molecule has 0 saturated carbocycles. The molecular formula is C43H87NO7P+. The van der Waals surface area contributed by atoms with Gasteiger partial charge in [0.25, 0.3) is 0 Å². The fourth-order valence-corrected chi connectivity index (χ4v) is 6.88. The number of likely N-dealkylation sites (N-methyl/N-ethyl adjacent to an activating group) is 1. The molecule has 310 valence electrons. The van der Waals surface area contributed by atoms with Gasteiger partial charge in [0, 0.05) is 13.0 Å². The molecule has 0 aliphatic heterocycles. The second-order valence-electron chi connectivity index (χ2n) is 16.1. The third-order valence-electron chi connectivity index (χ3n) is 9.58. The summed E-state index contributed by atoms with van der Waals surface area (Å²) in [6, 6.07) is 0. The van der Waals surface area contributed by atoms with Gasteiger partial charge in [0.2, 0.25) is 0 Å². The lowest BCUT2D eigenvalue weighted by Gasteiger charge is -2.24. The van der Waals surface area contributed by atoms with E-state index < -0.39 is 13.9 Å². The summed E-state index contributed by atoms with van der Waals surface area (Å²) >= 11 is 0. The van der Waals surface area contributed by atoms with Crippen molar-refractivity contribution < 1.29 is 37.3 Å². The molecule has 2 unspecified atom stereocenters. The first-order valence-electron chi connectivity index (χ1n) is 21.9. The van der Waals surface area contributed by atoms with Gasteiger partial charge in [-0.05, 0) is 38.5 Å². The Morgan fingerprint density at radius 3 is 1.46 bits per heavy atom. The molecule has 9 heteroatoms. The molecule has 1 N–H and O–H groups in total. The van der Waals surface area contributed by atoms with Crippen molar-refractivity contribution in [3.63, 3.8) is 0 Å². The van der Waals surface area contributed by atoms with E-state index in [1.54, 1.807) is 0 Å². The number of nitrogens with zero attached hydrogens (tertiary/aromatic N) is 1. The van der Waals surface area contributed by atoms with Crippen LogP contribution in [0.5, 0.6) is 0 Å². The maximum atomic E-state index is 12.7. The van der Waals surface area contributed by atoms with E-state index in [0.717, 1.165) is 32.1 Å². The van der Waals surface area contributed by atoms with Crippen molar-refractivity contribution in [3.05, 3.63) is 12.2 Å². The molecule has 0 aliphatic carbocycles. The minimum atomic E-state index is -4.27. The highest BCUT2D eigenvalue weighted by atomic mass is 31.2. The summed E-state index contributed by atoms with van der Waals surface area (Å²) in [5.74, 6) is -0.313. The number of hydrogen-bond acceptors (Lipinski definition) is 6. The van der Waals surface area contributed by atoms with Crippen molar-refractivity contribution in [2.75, 3.05) is 54.1 Å². The molecule has 2 atom stereocenters. The molecular weight excluding hydrogens is 673 g/mol. The number of phosphoric ester groups is 1. The minimum absolute atomic E-state index is 0.0906. The first-order chi connectivity index (χ1) is 25.1. The largest absolute Gasteiger partial charge is 0.472 e. The van der Waals surface area contributed by atoms with E-state index in [2.05, 4.69) is 26.0 Å². The van der Waals surface area contributed by atoms with E-state index in [0.29, 0.717) is 24.1 Å². The van der Waals surface area contributed by atoms with Crippen molar-refractivity contribution in [1.29, 1.82) is 0 Å². The van der Waals surface area contributed by atoms with Crippen molar-refractivity contribution in [2.24, 2.45) is 0 Å². The van der Waals surface area contributed by atoms with Crippen molar-refractivity contribution >= 4 is 13.8 Å². The number of carbonyl (C=O) groups excluding carboxylic acids is 1. The smallest absolute Gasteiger partial charge is 0.457 e. The van der Waals surface area contributed by atoms with E-state index in [9.17, 15) is 14.3 Å². The van der Waals surface area contributed by atoms with Crippen LogP contribution in [0.4, 0.5) is 0 Å². The molecule has 8 nitrogen and oxygen atoms in total. The fraction of sp³-hybridized carbons (Fsp3) is 0.930. The highest BCUT2D eigenvalue weighted by molar-refractivity contribution is 7.47. The van der Waals surface area contributed by atoms with Crippen molar-refractivity contribution in [1.82, 2.24) is 0 Å². The molecule has 0 radical (unpaired) electrons. The van der Waals surface area contributed by atoms with Gasteiger partial charge in [0.05, 0.1) is 34.4 Å². The van der Waals surface area contributed by atoms with Gasteiger partial charge in [-0.15, -0.1) is 0 Å². The molecule has 0 saturated heterocycles. The average Bonchev–Trinajstić information content (AvgIpc) is 3.09. The van der Waals surface area contributed by atoms with Crippen LogP contribution in [-0.2, 0) is 27.9 Å². The standard InChI is InChI=1S/C43H86NO7P/c1-6-8-10-12-14-16-18-20-22-24-26-28-30-32-34-36-43(45)51-42(41-50-52(46,47)49-39-37-44(3,4)5)40-48-38-35-33-31-29-27-25-23-21-19-17-15-13-11-9-7-2/h19,21,42H,6-18,20,22-41H2,1-5H3/p+1/b21-19-. The van der Waals surface area contributed by atoms with Crippen LogP contribution in [-0.4, -0.2) is 75.6 Å². The zero-order valence-electron chi connectivity index (χ0n) is 35.1. The fourth-order valence-electron chi connectivity index (χ4n) is 6.14. The number of ether oxygens (including phenoxy) is 2. The van der Waals surface area contributed by atoms with Crippen LogP contribution in [0, 0.1) is 0 Å². The summed E-state index contributed by atoms with van der Waals surface area (Å²) in [6.45, 7) is 5.63. The van der Waals surface area contributed by atoms with Crippen LogP contribution in [0.1, 0.15) is 200 Å². The van der Waals surface area contributed by atoms with Gasteiger partial charge in [0.15, 0.2) is 0 Å². The molecule has 0 aromatic rings. The maximum absolute atomic E-state index is 12.7. The molecule has 0 aromatic carbocycles. The number of hydrogen-bond donors (Lipinski definition) is 1. The summed E-state index contributed by atoms with van der Waals surface area (Å²) in [7, 11) is 1.67. The van der Waals surface area contributed by atoms with Gasteiger partial charge >= 0.3 is 13.8 Å². The van der Waals surface area contributed by atoms with Crippen LogP contribution in [0.25, 0.3) is 0 Å². The summed E-state index contributed by atoms with van der Waals surface area (Å²) in [5.41, 5.74) is 0. The van der Waals surface area contributed by atoms with E-state index in [-0.39, 0.29) is 25.8 Å². The molecule has 0 bridgehead atoms. The average molecular weight is 761 g/mol. The van der Waals surface area contributed by atoms with Crippen LogP contribution in [0.3, 0.4) is 0 Å². The Labute approximate surface area is 322 Å². The highest BCUT2D eigenvalue weighted by Gasteiger charge is 2.26. The molecule has 0 aliphatic rings. The first-order valence-corrected chi connectivity index (χ1v) is 23.4. The van der Waals surface area contributed by atoms with Crippen LogP contribution in [0.2, 0.25) is 0 Å². The zero-order chi connectivity index (χ0) is 38.4. The molecule has 0 fully saturated rings. The number of quaternary nitrogens is 1. The lowest BCUT2D eigenvalue weighted by Crippen LogP contribution is -2.37. The molecule has 0 aromatic heterocycles. The topological polar surface area (TPSA) is 91.3 Å². The predicted octanol–water partition coefficient (Wildman–Crippen LogP) is 12.7. The zero-order valence-corrected chi connectivity index (χ0v) is 36.0. The Balaban J connectivity index is 4.22. The Hall–Kier alpha value is -0.760. The number of esters is 1. The lowest BCUT2D eigenvalue weighted by molar-refractivity contribution is -0.870. The van der Waals surface area contributed by atoms with Gasteiger partial charge < -0.3 is 18.9 Å². The molecule has 0 amide bonds. The summed E-state index contributed by atoms with van der Waals surface area (Å²) in [4.78, 5) is 22.9. The summed E-state index contributed by atoms with van der Waals surface area (Å²) in [5, 5.41) is 0. The van der Waals surface area contributed by atoms with Crippen LogP contribution in [0.15, 0.2) is 12.2 Å². The van der Waals surface area contributed by atoms with Gasteiger partial charge in [-0.3, -0.25) is 13.8 Å². The number of phosphoric acid groups is 1. The lowest BCUT2D eigenvalue weighted by atomic mass is 10.0.